The van der Waals surface area contributed by atoms with E-state index in [2.05, 4.69) is 76.8 Å². The van der Waals surface area contributed by atoms with Crippen LogP contribution in [0.15, 0.2) is 59.1 Å². The van der Waals surface area contributed by atoms with E-state index in [1.165, 1.54) is 7.11 Å². The van der Waals surface area contributed by atoms with Gasteiger partial charge in [-0.25, -0.2) is 10.2 Å². The summed E-state index contributed by atoms with van der Waals surface area (Å²) in [6, 6.07) is 18.6. The average Bonchev–Trinajstić information content (AvgIpc) is 3.10. The molecule has 0 aliphatic heterocycles. The Labute approximate surface area is 183 Å². The molecule has 1 heterocycles. The first-order valence-corrected chi connectivity index (χ1v) is 10.5. The molecule has 0 aliphatic carbocycles. The van der Waals surface area contributed by atoms with E-state index in [0.29, 0.717) is 0 Å². The topological polar surface area (TPSA) is 66.2 Å². The van der Waals surface area contributed by atoms with Crippen molar-refractivity contribution in [2.45, 2.75) is 26.2 Å². The summed E-state index contributed by atoms with van der Waals surface area (Å²) in [4.78, 5) is 15.4. The molecule has 0 unspecified atom stereocenters. The molecule has 0 spiro atoms. The third kappa shape index (κ3) is 3.63. The van der Waals surface area contributed by atoms with E-state index in [0.717, 1.165) is 48.7 Å². The number of amides is 1. The molecule has 5 nitrogen and oxygen atoms in total. The van der Waals surface area contributed by atoms with Crippen LogP contribution in [0.1, 0.15) is 26.5 Å². The maximum absolute atomic E-state index is 11.7. The molecule has 30 heavy (non-hydrogen) atoms. The second-order valence-electron chi connectivity index (χ2n) is 8.27. The van der Waals surface area contributed by atoms with Crippen LogP contribution < -0.4 is 10.9 Å². The lowest BCUT2D eigenvalue weighted by Gasteiger charge is -2.22. The minimum absolute atomic E-state index is 0.120. The zero-order chi connectivity index (χ0) is 21.5. The molecule has 154 valence electrons. The van der Waals surface area contributed by atoms with Gasteiger partial charge in [-0.15, -0.1) is 0 Å². The SMILES string of the molecule is COC(=O)NNc1ccc2ccccc2c1-c1c(C(C)(C)C)[nH]c2ccc(Br)cc12. The Morgan fingerprint density at radius 3 is 2.50 bits per heavy atom. The molecular formula is C24H24BrN3O2. The normalized spacial score (nSPS) is 11.6. The van der Waals surface area contributed by atoms with E-state index in [9.17, 15) is 4.79 Å². The maximum Gasteiger partial charge on any atom is 0.425 e. The van der Waals surface area contributed by atoms with Gasteiger partial charge in [0.05, 0.1) is 12.8 Å². The second-order valence-corrected chi connectivity index (χ2v) is 9.18. The van der Waals surface area contributed by atoms with E-state index in [4.69, 9.17) is 4.74 Å². The van der Waals surface area contributed by atoms with Crippen LogP contribution in [-0.4, -0.2) is 18.2 Å². The number of methoxy groups -OCH3 is 1. The summed E-state index contributed by atoms with van der Waals surface area (Å²) in [5, 5.41) is 3.34. The third-order valence-electron chi connectivity index (χ3n) is 5.17. The highest BCUT2D eigenvalue weighted by Gasteiger charge is 2.26. The van der Waals surface area contributed by atoms with Crippen molar-refractivity contribution >= 4 is 49.4 Å². The van der Waals surface area contributed by atoms with Gasteiger partial charge < -0.3 is 9.72 Å². The lowest BCUT2D eigenvalue weighted by Crippen LogP contribution is -2.29. The van der Waals surface area contributed by atoms with Crippen LogP contribution in [0, 0.1) is 0 Å². The number of fused-ring (bicyclic) bond motifs is 2. The standard InChI is InChI=1S/C24H24BrN3O2/c1-24(2,3)22-21(17-13-15(25)10-12-18(17)26-22)20-16-8-6-5-7-14(16)9-11-19(20)27-28-23(29)30-4/h5-13,26-27H,1-4H3,(H,28,29). The number of hydrogen-bond acceptors (Lipinski definition) is 3. The number of aromatic nitrogens is 1. The summed E-state index contributed by atoms with van der Waals surface area (Å²) in [7, 11) is 1.34. The van der Waals surface area contributed by atoms with Gasteiger partial charge in [0.1, 0.15) is 0 Å². The Balaban J connectivity index is 2.08. The Morgan fingerprint density at radius 2 is 1.77 bits per heavy atom. The fraction of sp³-hybridized carbons (Fsp3) is 0.208. The Bertz CT molecular complexity index is 1250. The number of H-pyrrole nitrogens is 1. The fourth-order valence-electron chi connectivity index (χ4n) is 3.80. The van der Waals surface area contributed by atoms with Crippen molar-refractivity contribution in [1.82, 2.24) is 10.4 Å². The van der Waals surface area contributed by atoms with Gasteiger partial charge in [-0.1, -0.05) is 67.0 Å². The molecule has 3 aromatic carbocycles. The Morgan fingerprint density at radius 1 is 1.00 bits per heavy atom. The number of carbonyl (C=O) groups excluding carboxylic acids is 1. The van der Waals surface area contributed by atoms with Gasteiger partial charge in [0.2, 0.25) is 0 Å². The maximum atomic E-state index is 11.7. The van der Waals surface area contributed by atoms with Gasteiger partial charge in [-0.05, 0) is 35.0 Å². The van der Waals surface area contributed by atoms with Crippen molar-refractivity contribution in [3.8, 4) is 11.1 Å². The van der Waals surface area contributed by atoms with Gasteiger partial charge >= 0.3 is 6.09 Å². The van der Waals surface area contributed by atoms with Gasteiger partial charge in [-0.2, -0.15) is 0 Å². The number of hydrogen-bond donors (Lipinski definition) is 3. The number of halogens is 1. The molecule has 3 N–H and O–H groups in total. The molecule has 4 rings (SSSR count). The molecule has 1 amide bonds. The smallest absolute Gasteiger partial charge is 0.425 e. The van der Waals surface area contributed by atoms with E-state index in [1.807, 2.05) is 30.3 Å². The molecule has 1 aromatic heterocycles. The number of benzene rings is 3. The van der Waals surface area contributed by atoms with Crippen LogP contribution in [0.5, 0.6) is 0 Å². The van der Waals surface area contributed by atoms with Crippen LogP contribution in [0.3, 0.4) is 0 Å². The largest absolute Gasteiger partial charge is 0.452 e. The lowest BCUT2D eigenvalue weighted by molar-refractivity contribution is 0.173. The van der Waals surface area contributed by atoms with Crippen molar-refractivity contribution < 1.29 is 9.53 Å². The van der Waals surface area contributed by atoms with Crippen molar-refractivity contribution in [3.05, 3.63) is 64.8 Å². The van der Waals surface area contributed by atoms with E-state index >= 15 is 0 Å². The van der Waals surface area contributed by atoms with E-state index in [-0.39, 0.29) is 5.41 Å². The average molecular weight is 466 g/mol. The van der Waals surface area contributed by atoms with Crippen molar-refractivity contribution in [1.29, 1.82) is 0 Å². The fourth-order valence-corrected chi connectivity index (χ4v) is 4.16. The number of nitrogens with one attached hydrogen (secondary N) is 3. The molecule has 0 aliphatic rings. The van der Waals surface area contributed by atoms with Crippen molar-refractivity contribution in [2.24, 2.45) is 0 Å². The van der Waals surface area contributed by atoms with Crippen LogP contribution in [0.4, 0.5) is 10.5 Å². The van der Waals surface area contributed by atoms with E-state index < -0.39 is 6.09 Å². The zero-order valence-electron chi connectivity index (χ0n) is 17.4. The summed E-state index contributed by atoms with van der Waals surface area (Å²) in [6.45, 7) is 6.59. The van der Waals surface area contributed by atoms with Crippen LogP contribution >= 0.6 is 15.9 Å². The summed E-state index contributed by atoms with van der Waals surface area (Å²) < 4.78 is 5.74. The quantitative estimate of drug-likeness (QED) is 0.293. The minimum Gasteiger partial charge on any atom is -0.452 e. The molecule has 0 saturated carbocycles. The van der Waals surface area contributed by atoms with Gasteiger partial charge in [0.25, 0.3) is 0 Å². The van der Waals surface area contributed by atoms with Crippen molar-refractivity contribution in [3.63, 3.8) is 0 Å². The summed E-state index contributed by atoms with van der Waals surface area (Å²) in [5.74, 6) is 0. The monoisotopic (exact) mass is 465 g/mol. The van der Waals surface area contributed by atoms with Crippen LogP contribution in [0.2, 0.25) is 0 Å². The highest BCUT2D eigenvalue weighted by molar-refractivity contribution is 9.10. The summed E-state index contributed by atoms with van der Waals surface area (Å²) in [6.07, 6.45) is -0.549. The number of ether oxygens (including phenoxy) is 1. The number of anilines is 1. The molecule has 0 atom stereocenters. The lowest BCUT2D eigenvalue weighted by atomic mass is 9.84. The van der Waals surface area contributed by atoms with Gasteiger partial charge in [-0.3, -0.25) is 5.43 Å². The predicted octanol–water partition coefficient (Wildman–Crippen LogP) is 6.73. The third-order valence-corrected chi connectivity index (χ3v) is 5.67. The highest BCUT2D eigenvalue weighted by Crippen LogP contribution is 2.45. The van der Waals surface area contributed by atoms with Gasteiger partial charge in [0, 0.05) is 37.6 Å². The first-order chi connectivity index (χ1) is 14.3. The predicted molar refractivity (Wildman–Crippen MR) is 127 cm³/mol. The van der Waals surface area contributed by atoms with Crippen molar-refractivity contribution in [2.75, 3.05) is 12.5 Å². The molecule has 0 fully saturated rings. The second kappa shape index (κ2) is 7.69. The van der Waals surface area contributed by atoms with Crippen LogP contribution in [-0.2, 0) is 10.2 Å². The minimum atomic E-state index is -0.549. The summed E-state index contributed by atoms with van der Waals surface area (Å²) >= 11 is 3.62. The first-order valence-electron chi connectivity index (χ1n) is 9.73. The zero-order valence-corrected chi connectivity index (χ0v) is 19.0. The van der Waals surface area contributed by atoms with E-state index in [1.54, 1.807) is 0 Å². The number of aromatic amines is 1. The van der Waals surface area contributed by atoms with Gasteiger partial charge in [0.15, 0.2) is 0 Å². The number of rotatable bonds is 3. The summed E-state index contributed by atoms with van der Waals surface area (Å²) in [5.41, 5.74) is 10.7. The Kier molecular flexibility index (Phi) is 5.20. The molecule has 0 saturated heterocycles. The molecule has 6 heteroatoms. The number of carbonyl (C=O) groups is 1. The molecule has 0 radical (unpaired) electrons. The molecule has 0 bridgehead atoms. The molecule has 4 aromatic rings. The first kappa shape index (κ1) is 20.3. The van der Waals surface area contributed by atoms with Crippen LogP contribution in [0.25, 0.3) is 32.8 Å². The Hall–Kier alpha value is -2.99. The highest BCUT2D eigenvalue weighted by atomic mass is 79.9. The molecular weight excluding hydrogens is 442 g/mol. The number of hydrazine groups is 1.